The lowest BCUT2D eigenvalue weighted by Crippen LogP contribution is -2.39. The van der Waals surface area contributed by atoms with Crippen molar-refractivity contribution in [1.82, 2.24) is 4.37 Å². The van der Waals surface area contributed by atoms with Crippen LogP contribution in [-0.2, 0) is 4.79 Å². The maximum atomic E-state index is 11.2. The predicted octanol–water partition coefficient (Wildman–Crippen LogP) is 3.31. The number of anilines is 1. The van der Waals surface area contributed by atoms with Crippen LogP contribution in [0.2, 0.25) is 0 Å². The fraction of sp³-hybridized carbons (Fsp3) is 0.500. The van der Waals surface area contributed by atoms with E-state index in [2.05, 4.69) is 21.4 Å². The van der Waals surface area contributed by atoms with Crippen LogP contribution in [0, 0.1) is 0 Å². The summed E-state index contributed by atoms with van der Waals surface area (Å²) in [6.45, 7) is 0.674. The van der Waals surface area contributed by atoms with Gasteiger partial charge in [-0.25, -0.2) is 0 Å². The molecule has 0 saturated heterocycles. The van der Waals surface area contributed by atoms with E-state index in [4.69, 9.17) is 5.73 Å². The van der Waals surface area contributed by atoms with Crippen LogP contribution in [-0.4, -0.2) is 22.9 Å². The number of nitrogens with zero attached hydrogens (tertiary/aromatic N) is 2. The maximum absolute atomic E-state index is 11.2. The van der Waals surface area contributed by atoms with Crippen molar-refractivity contribution in [1.29, 1.82) is 0 Å². The minimum atomic E-state index is -0.240. The molecule has 2 aromatic rings. The van der Waals surface area contributed by atoms with Gasteiger partial charge in [0.15, 0.2) is 0 Å². The van der Waals surface area contributed by atoms with Crippen LogP contribution in [0.1, 0.15) is 38.5 Å². The second kappa shape index (κ2) is 6.43. The molecule has 0 unspecified atom stereocenters. The number of aromatic nitrogens is 1. The standard InChI is InChI=1S/C16H21N3OS/c17-15(20)10-11-19(12-6-2-1-3-7-12)16-13-8-4-5-9-14(13)21-18-16/h4-5,8-9,12H,1-3,6-7,10-11H2,(H2,17,20). The number of carbonyl (C=O) groups excluding carboxylic acids is 1. The summed E-state index contributed by atoms with van der Waals surface area (Å²) in [7, 11) is 0. The van der Waals surface area contributed by atoms with Gasteiger partial charge in [-0.3, -0.25) is 4.79 Å². The molecule has 5 heteroatoms. The predicted molar refractivity (Wildman–Crippen MR) is 87.7 cm³/mol. The maximum Gasteiger partial charge on any atom is 0.219 e. The first-order valence-corrected chi connectivity index (χ1v) is 8.42. The highest BCUT2D eigenvalue weighted by molar-refractivity contribution is 7.13. The largest absolute Gasteiger partial charge is 0.370 e. The molecule has 1 saturated carbocycles. The highest BCUT2D eigenvalue weighted by Gasteiger charge is 2.24. The SMILES string of the molecule is NC(=O)CCN(c1nsc2ccccc12)C1CCCCC1. The van der Waals surface area contributed by atoms with E-state index in [1.54, 1.807) is 0 Å². The Balaban J connectivity index is 1.91. The monoisotopic (exact) mass is 303 g/mol. The van der Waals surface area contributed by atoms with E-state index in [0.29, 0.717) is 19.0 Å². The number of rotatable bonds is 5. The molecule has 112 valence electrons. The van der Waals surface area contributed by atoms with Crippen molar-refractivity contribution < 1.29 is 4.79 Å². The van der Waals surface area contributed by atoms with Crippen molar-refractivity contribution >= 4 is 33.3 Å². The number of fused-ring (bicyclic) bond motifs is 1. The van der Waals surface area contributed by atoms with Crippen molar-refractivity contribution in [3.8, 4) is 0 Å². The third kappa shape index (κ3) is 3.18. The fourth-order valence-corrected chi connectivity index (χ4v) is 3.95. The summed E-state index contributed by atoms with van der Waals surface area (Å²) in [4.78, 5) is 13.5. The molecule has 1 aromatic carbocycles. The van der Waals surface area contributed by atoms with Gasteiger partial charge >= 0.3 is 0 Å². The van der Waals surface area contributed by atoms with E-state index in [0.717, 1.165) is 5.82 Å². The lowest BCUT2D eigenvalue weighted by Gasteiger charge is -2.34. The minimum absolute atomic E-state index is 0.240. The summed E-state index contributed by atoms with van der Waals surface area (Å²) in [6, 6.07) is 8.80. The van der Waals surface area contributed by atoms with Crippen molar-refractivity contribution in [2.45, 2.75) is 44.6 Å². The van der Waals surface area contributed by atoms with E-state index in [1.807, 2.05) is 12.1 Å². The normalized spacial score (nSPS) is 16.2. The van der Waals surface area contributed by atoms with E-state index < -0.39 is 0 Å². The van der Waals surface area contributed by atoms with Gasteiger partial charge in [-0.1, -0.05) is 31.4 Å². The Morgan fingerprint density at radius 1 is 1.29 bits per heavy atom. The molecule has 0 spiro atoms. The van der Waals surface area contributed by atoms with Crippen molar-refractivity contribution in [2.24, 2.45) is 5.73 Å². The number of carbonyl (C=O) groups is 1. The summed E-state index contributed by atoms with van der Waals surface area (Å²) in [5, 5.41) is 1.19. The third-order valence-corrected chi connectivity index (χ3v) is 5.06. The van der Waals surface area contributed by atoms with Crippen LogP contribution < -0.4 is 10.6 Å². The summed E-state index contributed by atoms with van der Waals surface area (Å²) < 4.78 is 5.87. The number of primary amides is 1. The Labute approximate surface area is 129 Å². The molecule has 1 amide bonds. The summed E-state index contributed by atoms with van der Waals surface area (Å²) in [5.74, 6) is 0.791. The molecule has 2 N–H and O–H groups in total. The van der Waals surface area contributed by atoms with Gasteiger partial charge in [-0.2, -0.15) is 4.37 Å². The molecule has 1 heterocycles. The van der Waals surface area contributed by atoms with Crippen LogP contribution in [0.15, 0.2) is 24.3 Å². The number of hydrogen-bond donors (Lipinski definition) is 1. The molecule has 1 aromatic heterocycles. The third-order valence-electron chi connectivity index (χ3n) is 4.25. The van der Waals surface area contributed by atoms with Crippen LogP contribution in [0.5, 0.6) is 0 Å². The van der Waals surface area contributed by atoms with Gasteiger partial charge in [0.05, 0.1) is 4.70 Å². The second-order valence-electron chi connectivity index (χ2n) is 5.70. The summed E-state index contributed by atoms with van der Waals surface area (Å²) >= 11 is 1.53. The van der Waals surface area contributed by atoms with Gasteiger partial charge < -0.3 is 10.6 Å². The van der Waals surface area contributed by atoms with Crippen LogP contribution in [0.25, 0.3) is 10.1 Å². The van der Waals surface area contributed by atoms with Gasteiger partial charge in [0.25, 0.3) is 0 Å². The lowest BCUT2D eigenvalue weighted by molar-refractivity contribution is -0.117. The van der Waals surface area contributed by atoms with E-state index in [1.165, 1.54) is 53.7 Å². The zero-order valence-electron chi connectivity index (χ0n) is 12.1. The molecule has 1 aliphatic carbocycles. The first-order chi connectivity index (χ1) is 10.3. The molecule has 4 nitrogen and oxygen atoms in total. The Morgan fingerprint density at radius 2 is 2.05 bits per heavy atom. The molecule has 0 radical (unpaired) electrons. The van der Waals surface area contributed by atoms with Crippen LogP contribution >= 0.6 is 11.5 Å². The van der Waals surface area contributed by atoms with E-state index in [-0.39, 0.29) is 5.91 Å². The molecule has 0 aliphatic heterocycles. The minimum Gasteiger partial charge on any atom is -0.370 e. The quantitative estimate of drug-likeness (QED) is 0.922. The van der Waals surface area contributed by atoms with E-state index >= 15 is 0 Å². The average molecular weight is 303 g/mol. The number of hydrogen-bond acceptors (Lipinski definition) is 4. The van der Waals surface area contributed by atoms with Crippen LogP contribution in [0.4, 0.5) is 5.82 Å². The Bertz CT molecular complexity index is 619. The van der Waals surface area contributed by atoms with Gasteiger partial charge in [0.2, 0.25) is 5.91 Å². The van der Waals surface area contributed by atoms with Gasteiger partial charge in [-0.05, 0) is 36.5 Å². The number of nitrogens with two attached hydrogens (primary N) is 1. The van der Waals surface area contributed by atoms with Crippen LogP contribution in [0.3, 0.4) is 0 Å². The zero-order valence-corrected chi connectivity index (χ0v) is 12.9. The topological polar surface area (TPSA) is 59.2 Å². The smallest absolute Gasteiger partial charge is 0.219 e. The molecule has 0 atom stereocenters. The number of benzene rings is 1. The molecule has 21 heavy (non-hydrogen) atoms. The molecular formula is C16H21N3OS. The molecular weight excluding hydrogens is 282 g/mol. The first kappa shape index (κ1) is 14.3. The summed E-state index contributed by atoms with van der Waals surface area (Å²) in [5.41, 5.74) is 5.35. The van der Waals surface area contributed by atoms with Gasteiger partial charge in [-0.15, -0.1) is 0 Å². The molecule has 0 bridgehead atoms. The molecule has 3 rings (SSSR count). The fourth-order valence-electron chi connectivity index (χ4n) is 3.16. The van der Waals surface area contributed by atoms with Crippen molar-refractivity contribution in [2.75, 3.05) is 11.4 Å². The van der Waals surface area contributed by atoms with Crippen molar-refractivity contribution in [3.05, 3.63) is 24.3 Å². The van der Waals surface area contributed by atoms with E-state index in [9.17, 15) is 4.79 Å². The second-order valence-corrected chi connectivity index (χ2v) is 6.51. The average Bonchev–Trinajstić information content (AvgIpc) is 2.93. The van der Waals surface area contributed by atoms with Gasteiger partial charge in [0.1, 0.15) is 5.82 Å². The Kier molecular flexibility index (Phi) is 4.39. The highest BCUT2D eigenvalue weighted by Crippen LogP contribution is 2.33. The number of amides is 1. The molecule has 1 fully saturated rings. The lowest BCUT2D eigenvalue weighted by atomic mass is 9.94. The Hall–Kier alpha value is -1.62. The summed E-state index contributed by atoms with van der Waals surface area (Å²) in [6.07, 6.45) is 6.61. The van der Waals surface area contributed by atoms with Crippen molar-refractivity contribution in [3.63, 3.8) is 0 Å². The Morgan fingerprint density at radius 3 is 2.81 bits per heavy atom. The first-order valence-electron chi connectivity index (χ1n) is 7.65. The van der Waals surface area contributed by atoms with Gasteiger partial charge in [0, 0.05) is 24.4 Å². The molecule has 1 aliphatic rings. The zero-order chi connectivity index (χ0) is 14.7. The highest BCUT2D eigenvalue weighted by atomic mass is 32.1.